The van der Waals surface area contributed by atoms with E-state index < -0.39 is 0 Å². The first-order valence-electron chi connectivity index (χ1n) is 4.90. The van der Waals surface area contributed by atoms with Crippen LogP contribution in [0.2, 0.25) is 0 Å². The van der Waals surface area contributed by atoms with E-state index in [9.17, 15) is 0 Å². The van der Waals surface area contributed by atoms with Crippen LogP contribution < -0.4 is 4.74 Å². The van der Waals surface area contributed by atoms with Gasteiger partial charge < -0.3 is 4.74 Å². The van der Waals surface area contributed by atoms with Gasteiger partial charge in [0, 0.05) is 5.92 Å². The van der Waals surface area contributed by atoms with Crippen molar-refractivity contribution < 1.29 is 4.74 Å². The quantitative estimate of drug-likeness (QED) is 0.722. The number of aromatic nitrogens is 2. The standard InChI is InChI=1S/C11H12N2O/c1-14-10-4-2-3-9-7-12-11(13(9)10)8-5-6-8/h2-4,7-8H,5-6H2,1H3. The molecule has 2 aromatic heterocycles. The lowest BCUT2D eigenvalue weighted by Gasteiger charge is -2.05. The van der Waals surface area contributed by atoms with Crippen LogP contribution in [-0.4, -0.2) is 16.5 Å². The second-order valence-corrected chi connectivity index (χ2v) is 3.72. The molecule has 1 aliphatic carbocycles. The SMILES string of the molecule is COc1cccc2cnc(C3CC3)n12. The Labute approximate surface area is 82.3 Å². The minimum Gasteiger partial charge on any atom is -0.482 e. The lowest BCUT2D eigenvalue weighted by molar-refractivity contribution is 0.390. The van der Waals surface area contributed by atoms with Gasteiger partial charge in [-0.15, -0.1) is 0 Å². The molecule has 3 rings (SSSR count). The molecule has 0 saturated heterocycles. The number of methoxy groups -OCH3 is 1. The largest absolute Gasteiger partial charge is 0.482 e. The Hall–Kier alpha value is -1.51. The fourth-order valence-electron chi connectivity index (χ4n) is 1.83. The van der Waals surface area contributed by atoms with Crippen molar-refractivity contribution in [2.45, 2.75) is 18.8 Å². The molecule has 0 amide bonds. The lowest BCUT2D eigenvalue weighted by atomic mass is 10.3. The number of fused-ring (bicyclic) bond motifs is 1. The molecule has 1 aliphatic rings. The maximum absolute atomic E-state index is 5.33. The van der Waals surface area contributed by atoms with Crippen LogP contribution in [0.3, 0.4) is 0 Å². The van der Waals surface area contributed by atoms with Gasteiger partial charge in [-0.1, -0.05) is 6.07 Å². The van der Waals surface area contributed by atoms with Crippen molar-refractivity contribution in [3.63, 3.8) is 0 Å². The Balaban J connectivity index is 2.29. The summed E-state index contributed by atoms with van der Waals surface area (Å²) in [6.45, 7) is 0. The van der Waals surface area contributed by atoms with E-state index >= 15 is 0 Å². The minimum absolute atomic E-state index is 0.647. The number of nitrogens with zero attached hydrogens (tertiary/aromatic N) is 2. The predicted octanol–water partition coefficient (Wildman–Crippen LogP) is 2.22. The number of ether oxygens (including phenoxy) is 1. The predicted molar refractivity (Wildman–Crippen MR) is 53.7 cm³/mol. The Kier molecular flexibility index (Phi) is 1.54. The first-order chi connectivity index (χ1) is 6.90. The van der Waals surface area contributed by atoms with Crippen LogP contribution in [-0.2, 0) is 0 Å². The minimum atomic E-state index is 0.647. The van der Waals surface area contributed by atoms with Crippen LogP contribution in [0.1, 0.15) is 24.6 Å². The van der Waals surface area contributed by atoms with Crippen LogP contribution in [0.25, 0.3) is 5.52 Å². The van der Waals surface area contributed by atoms with Gasteiger partial charge in [0.05, 0.1) is 18.8 Å². The summed E-state index contributed by atoms with van der Waals surface area (Å²) in [5.74, 6) is 2.67. The molecule has 14 heavy (non-hydrogen) atoms. The second kappa shape index (κ2) is 2.74. The number of pyridine rings is 1. The normalized spacial score (nSPS) is 16.1. The first kappa shape index (κ1) is 7.85. The van der Waals surface area contributed by atoms with Gasteiger partial charge in [0.2, 0.25) is 0 Å². The highest BCUT2D eigenvalue weighted by Gasteiger charge is 2.28. The first-order valence-corrected chi connectivity index (χ1v) is 4.90. The van der Waals surface area contributed by atoms with Crippen LogP contribution in [0, 0.1) is 0 Å². The molecule has 0 aliphatic heterocycles. The lowest BCUT2D eigenvalue weighted by Crippen LogP contribution is -1.97. The maximum Gasteiger partial charge on any atom is 0.199 e. The molecule has 0 bridgehead atoms. The van der Waals surface area contributed by atoms with Crippen molar-refractivity contribution in [1.29, 1.82) is 0 Å². The third-order valence-electron chi connectivity index (χ3n) is 2.69. The summed E-state index contributed by atoms with van der Waals surface area (Å²) in [6.07, 6.45) is 4.44. The zero-order valence-corrected chi connectivity index (χ0v) is 8.10. The maximum atomic E-state index is 5.33. The molecule has 0 N–H and O–H groups in total. The summed E-state index contributed by atoms with van der Waals surface area (Å²) in [6, 6.07) is 6.02. The topological polar surface area (TPSA) is 26.5 Å². The smallest absolute Gasteiger partial charge is 0.199 e. The average molecular weight is 188 g/mol. The van der Waals surface area contributed by atoms with Gasteiger partial charge in [0.1, 0.15) is 5.82 Å². The van der Waals surface area contributed by atoms with E-state index in [4.69, 9.17) is 4.74 Å². The molecular weight excluding hydrogens is 176 g/mol. The molecule has 3 heteroatoms. The molecule has 2 aromatic rings. The highest BCUT2D eigenvalue weighted by atomic mass is 16.5. The molecule has 72 valence electrons. The summed E-state index contributed by atoms with van der Waals surface area (Å²) in [4.78, 5) is 4.45. The molecular formula is C11H12N2O. The molecule has 2 heterocycles. The van der Waals surface area contributed by atoms with Crippen molar-refractivity contribution >= 4 is 5.52 Å². The Bertz CT molecular complexity index is 471. The van der Waals surface area contributed by atoms with E-state index in [1.54, 1.807) is 7.11 Å². The summed E-state index contributed by atoms with van der Waals surface area (Å²) in [5.41, 5.74) is 1.12. The van der Waals surface area contributed by atoms with Crippen LogP contribution in [0.5, 0.6) is 5.88 Å². The van der Waals surface area contributed by atoms with Crippen LogP contribution >= 0.6 is 0 Å². The van der Waals surface area contributed by atoms with Crippen molar-refractivity contribution in [3.8, 4) is 5.88 Å². The number of rotatable bonds is 2. The van der Waals surface area contributed by atoms with E-state index in [-0.39, 0.29) is 0 Å². The summed E-state index contributed by atoms with van der Waals surface area (Å²) in [7, 11) is 1.70. The van der Waals surface area contributed by atoms with Gasteiger partial charge in [0.25, 0.3) is 0 Å². The van der Waals surface area contributed by atoms with E-state index in [0.29, 0.717) is 5.92 Å². The van der Waals surface area contributed by atoms with Crippen molar-refractivity contribution in [1.82, 2.24) is 9.38 Å². The van der Waals surface area contributed by atoms with Crippen molar-refractivity contribution in [2.24, 2.45) is 0 Å². The highest BCUT2D eigenvalue weighted by molar-refractivity contribution is 5.49. The van der Waals surface area contributed by atoms with Gasteiger partial charge in [-0.3, -0.25) is 4.40 Å². The molecule has 3 nitrogen and oxygen atoms in total. The van der Waals surface area contributed by atoms with Gasteiger partial charge in [-0.05, 0) is 25.0 Å². The highest BCUT2D eigenvalue weighted by Crippen LogP contribution is 2.40. The van der Waals surface area contributed by atoms with Crippen molar-refractivity contribution in [2.75, 3.05) is 7.11 Å². The van der Waals surface area contributed by atoms with Crippen LogP contribution in [0.4, 0.5) is 0 Å². The third-order valence-corrected chi connectivity index (χ3v) is 2.69. The van der Waals surface area contributed by atoms with Gasteiger partial charge in [-0.25, -0.2) is 4.98 Å². The average Bonchev–Trinajstić information content (AvgIpc) is 2.97. The fourth-order valence-corrected chi connectivity index (χ4v) is 1.83. The summed E-state index contributed by atoms with van der Waals surface area (Å²) in [5, 5.41) is 0. The molecule has 0 radical (unpaired) electrons. The third kappa shape index (κ3) is 1.02. The zero-order valence-electron chi connectivity index (χ0n) is 8.10. The van der Waals surface area contributed by atoms with E-state index in [2.05, 4.69) is 15.5 Å². The molecule has 1 fully saturated rings. The van der Waals surface area contributed by atoms with E-state index in [0.717, 1.165) is 17.2 Å². The van der Waals surface area contributed by atoms with E-state index in [1.807, 2.05) is 18.3 Å². The number of hydrogen-bond donors (Lipinski definition) is 0. The summed E-state index contributed by atoms with van der Waals surface area (Å²) >= 11 is 0. The number of imidazole rings is 1. The zero-order chi connectivity index (χ0) is 9.54. The molecule has 0 unspecified atom stereocenters. The van der Waals surface area contributed by atoms with Gasteiger partial charge in [0.15, 0.2) is 5.88 Å². The second-order valence-electron chi connectivity index (χ2n) is 3.72. The molecule has 1 saturated carbocycles. The Morgan fingerprint density at radius 2 is 2.29 bits per heavy atom. The number of hydrogen-bond acceptors (Lipinski definition) is 2. The van der Waals surface area contributed by atoms with Crippen molar-refractivity contribution in [3.05, 3.63) is 30.2 Å². The van der Waals surface area contributed by atoms with E-state index in [1.165, 1.54) is 12.8 Å². The van der Waals surface area contributed by atoms with Gasteiger partial charge >= 0.3 is 0 Å². The molecule has 0 spiro atoms. The molecule has 0 aromatic carbocycles. The Morgan fingerprint density at radius 3 is 3.00 bits per heavy atom. The fraction of sp³-hybridized carbons (Fsp3) is 0.364. The summed E-state index contributed by atoms with van der Waals surface area (Å²) < 4.78 is 7.44. The van der Waals surface area contributed by atoms with Gasteiger partial charge in [-0.2, -0.15) is 0 Å². The monoisotopic (exact) mass is 188 g/mol. The van der Waals surface area contributed by atoms with Crippen LogP contribution in [0.15, 0.2) is 24.4 Å². The molecule has 0 atom stereocenters. The Morgan fingerprint density at radius 1 is 1.43 bits per heavy atom.